The lowest BCUT2D eigenvalue weighted by Crippen LogP contribution is -2.41. The maximum absolute atomic E-state index is 12.0. The average molecular weight is 339 g/mol. The molecule has 1 heterocycles. The van der Waals surface area contributed by atoms with Crippen molar-refractivity contribution in [3.63, 3.8) is 0 Å². The first-order chi connectivity index (χ1) is 7.86. The van der Waals surface area contributed by atoms with Gasteiger partial charge < -0.3 is 9.35 Å². The summed E-state index contributed by atoms with van der Waals surface area (Å²) in [6, 6.07) is -0.312. The van der Waals surface area contributed by atoms with Gasteiger partial charge in [0.2, 0.25) is 0 Å². The van der Waals surface area contributed by atoms with Gasteiger partial charge in [-0.3, -0.25) is 0 Å². The topological polar surface area (TPSA) is 65.0 Å². The van der Waals surface area contributed by atoms with Gasteiger partial charge in [-0.15, -0.1) is 16.1 Å². The zero-order valence-electron chi connectivity index (χ0n) is 9.90. The molecule has 0 aromatic carbocycles. The maximum Gasteiger partial charge on any atom is 0.136 e. The third-order valence-electron chi connectivity index (χ3n) is 2.02. The third-order valence-corrected chi connectivity index (χ3v) is 5.22. The highest BCUT2D eigenvalue weighted by Gasteiger charge is 2.31. The Kier molecular flexibility index (Phi) is 5.59. The second-order valence-corrected chi connectivity index (χ2v) is 8.64. The first-order valence-corrected chi connectivity index (χ1v) is 7.89. The van der Waals surface area contributed by atoms with Crippen LogP contribution in [0.25, 0.3) is 0 Å². The van der Waals surface area contributed by atoms with Crippen molar-refractivity contribution in [3.05, 3.63) is 15.0 Å². The molecule has 0 amide bonds. The van der Waals surface area contributed by atoms with E-state index in [1.807, 2.05) is 20.8 Å². The minimum absolute atomic E-state index is 0.254. The fraction of sp³-hybridized carbons (Fsp3) is 0.600. The Bertz CT molecular complexity index is 379. The van der Waals surface area contributed by atoms with Crippen molar-refractivity contribution in [3.8, 4) is 0 Å². The Labute approximate surface area is 117 Å². The molecule has 96 valence electrons. The van der Waals surface area contributed by atoms with Crippen LogP contribution in [-0.2, 0) is 16.2 Å². The molecular weight excluding hydrogens is 324 g/mol. The molecule has 2 atom stereocenters. The molecule has 1 unspecified atom stereocenters. The number of nitrogens with zero attached hydrogens (tertiary/aromatic N) is 1. The summed E-state index contributed by atoms with van der Waals surface area (Å²) >= 11 is 3.60. The van der Waals surface area contributed by atoms with Crippen LogP contribution in [0.5, 0.6) is 0 Å². The molecule has 0 aliphatic heterocycles. The smallest absolute Gasteiger partial charge is 0.136 e. The summed E-state index contributed by atoms with van der Waals surface area (Å²) in [5.41, 5.74) is 2.43. The van der Waals surface area contributed by atoms with Gasteiger partial charge in [-0.05, 0) is 36.7 Å². The molecule has 7 heteroatoms. The van der Waals surface area contributed by atoms with Crippen LogP contribution < -0.4 is 4.72 Å². The van der Waals surface area contributed by atoms with Crippen molar-refractivity contribution in [1.82, 2.24) is 9.71 Å². The van der Waals surface area contributed by atoms with Gasteiger partial charge in [0.1, 0.15) is 17.1 Å². The molecule has 1 N–H and O–H groups in total. The van der Waals surface area contributed by atoms with Crippen LogP contribution in [0.15, 0.2) is 9.30 Å². The fourth-order valence-corrected chi connectivity index (χ4v) is 3.11. The van der Waals surface area contributed by atoms with E-state index in [0.717, 1.165) is 15.8 Å². The maximum atomic E-state index is 12.0. The van der Waals surface area contributed by atoms with E-state index in [2.05, 4.69) is 25.6 Å². The zero-order chi connectivity index (χ0) is 13.1. The van der Waals surface area contributed by atoms with Gasteiger partial charge in [0.05, 0.1) is 15.0 Å². The summed E-state index contributed by atoms with van der Waals surface area (Å²) in [4.78, 5) is 14.9. The van der Waals surface area contributed by atoms with Crippen LogP contribution in [0.2, 0.25) is 0 Å². The van der Waals surface area contributed by atoms with Gasteiger partial charge in [-0.25, -0.2) is 4.98 Å². The van der Waals surface area contributed by atoms with Crippen LogP contribution in [0, 0.1) is 0 Å². The van der Waals surface area contributed by atoms with E-state index in [1.165, 1.54) is 11.3 Å². The molecule has 0 bridgehead atoms. The predicted octanol–water partition coefficient (Wildman–Crippen LogP) is 2.59. The standard InChI is InChI=1S/C10H15BrN2O2S2/c1-10(2,3)17(15)13-7(4-5-14)8-9(11)16-6-12-8/h5-7,13H,4H2,1-3H3/t7-,17?/m1/s1. The van der Waals surface area contributed by atoms with E-state index in [1.54, 1.807) is 5.51 Å². The van der Waals surface area contributed by atoms with Crippen molar-refractivity contribution in [2.75, 3.05) is 0 Å². The summed E-state index contributed by atoms with van der Waals surface area (Å²) in [7, 11) is 0. The normalized spacial score (nSPS) is 15.6. The summed E-state index contributed by atoms with van der Waals surface area (Å²) in [5, 5.41) is 0. The van der Waals surface area contributed by atoms with E-state index < -0.39 is 11.4 Å². The molecule has 0 saturated heterocycles. The van der Waals surface area contributed by atoms with Crippen molar-refractivity contribution >= 4 is 44.9 Å². The van der Waals surface area contributed by atoms with Crippen molar-refractivity contribution in [1.29, 1.82) is 0 Å². The molecule has 17 heavy (non-hydrogen) atoms. The molecule has 0 aliphatic carbocycles. The Morgan fingerprint density at radius 2 is 2.35 bits per heavy atom. The Morgan fingerprint density at radius 1 is 1.71 bits per heavy atom. The molecule has 0 aliphatic rings. The molecule has 4 nitrogen and oxygen atoms in total. The van der Waals surface area contributed by atoms with Crippen LogP contribution in [-0.4, -0.2) is 20.6 Å². The lowest BCUT2D eigenvalue weighted by molar-refractivity contribution is -0.108. The number of aldehydes is 1. The molecule has 1 rings (SSSR count). The number of rotatable bonds is 5. The number of aromatic nitrogens is 1. The highest BCUT2D eigenvalue weighted by molar-refractivity contribution is 9.11. The number of carbonyl (C=O) groups excluding carboxylic acids is 1. The minimum Gasteiger partial charge on any atom is -0.598 e. The second-order valence-electron chi connectivity index (χ2n) is 4.47. The van der Waals surface area contributed by atoms with E-state index >= 15 is 0 Å². The molecule has 1 aromatic rings. The van der Waals surface area contributed by atoms with Crippen molar-refractivity contribution in [2.24, 2.45) is 0 Å². The van der Waals surface area contributed by atoms with Crippen LogP contribution in [0.3, 0.4) is 0 Å². The number of hydrogen-bond acceptors (Lipinski definition) is 5. The SMILES string of the molecule is CC(C)(C)[S+]([O-])N[C@H](CC=O)c1ncsc1Br. The fourth-order valence-electron chi connectivity index (χ4n) is 1.09. The first kappa shape index (κ1) is 15.1. The Morgan fingerprint density at radius 3 is 2.76 bits per heavy atom. The monoisotopic (exact) mass is 338 g/mol. The molecule has 0 radical (unpaired) electrons. The largest absolute Gasteiger partial charge is 0.598 e. The number of nitrogens with one attached hydrogen (secondary N) is 1. The van der Waals surface area contributed by atoms with E-state index in [-0.39, 0.29) is 17.2 Å². The van der Waals surface area contributed by atoms with E-state index in [4.69, 9.17) is 0 Å². The highest BCUT2D eigenvalue weighted by Crippen LogP contribution is 2.29. The number of halogens is 1. The van der Waals surface area contributed by atoms with Crippen molar-refractivity contribution in [2.45, 2.75) is 38.0 Å². The average Bonchev–Trinajstić information content (AvgIpc) is 2.62. The van der Waals surface area contributed by atoms with Gasteiger partial charge in [0.15, 0.2) is 0 Å². The van der Waals surface area contributed by atoms with Crippen LogP contribution in [0.4, 0.5) is 0 Å². The Hall–Kier alpha value is 0.0500. The molecule has 0 fully saturated rings. The summed E-state index contributed by atoms with van der Waals surface area (Å²) < 4.78 is 15.4. The van der Waals surface area contributed by atoms with Crippen LogP contribution >= 0.6 is 27.3 Å². The molecular formula is C10H15BrN2O2S2. The van der Waals surface area contributed by atoms with Gasteiger partial charge in [-0.2, -0.15) is 0 Å². The summed E-state index contributed by atoms with van der Waals surface area (Å²) in [6.07, 6.45) is 1.06. The van der Waals surface area contributed by atoms with E-state index in [0.29, 0.717) is 0 Å². The summed E-state index contributed by atoms with van der Waals surface area (Å²) in [6.45, 7) is 5.64. The third kappa shape index (κ3) is 4.33. The predicted molar refractivity (Wildman–Crippen MR) is 74.3 cm³/mol. The van der Waals surface area contributed by atoms with Crippen molar-refractivity contribution < 1.29 is 9.35 Å². The van der Waals surface area contributed by atoms with E-state index in [9.17, 15) is 9.35 Å². The second kappa shape index (κ2) is 6.29. The van der Waals surface area contributed by atoms with Gasteiger partial charge in [0.25, 0.3) is 0 Å². The molecule has 1 aromatic heterocycles. The minimum atomic E-state index is -1.23. The molecule has 0 saturated carbocycles. The summed E-state index contributed by atoms with van der Waals surface area (Å²) in [5.74, 6) is 0. The first-order valence-electron chi connectivity index (χ1n) is 5.07. The molecule has 0 spiro atoms. The highest BCUT2D eigenvalue weighted by atomic mass is 79.9. The van der Waals surface area contributed by atoms with Gasteiger partial charge in [-0.1, -0.05) is 0 Å². The lowest BCUT2D eigenvalue weighted by Gasteiger charge is -2.26. The Balaban J connectivity index is 2.81. The quantitative estimate of drug-likeness (QED) is 0.661. The zero-order valence-corrected chi connectivity index (χ0v) is 13.1. The van der Waals surface area contributed by atoms with Gasteiger partial charge >= 0.3 is 0 Å². The number of carbonyl (C=O) groups is 1. The number of hydrogen-bond donors (Lipinski definition) is 1. The number of thiazole rings is 1. The van der Waals surface area contributed by atoms with Gasteiger partial charge in [0, 0.05) is 17.8 Å². The lowest BCUT2D eigenvalue weighted by atomic mass is 10.2. The van der Waals surface area contributed by atoms with Crippen LogP contribution in [0.1, 0.15) is 38.9 Å².